The van der Waals surface area contributed by atoms with Gasteiger partial charge < -0.3 is 20.7 Å². The van der Waals surface area contributed by atoms with Crippen molar-refractivity contribution in [2.75, 3.05) is 30.4 Å². The Balaban J connectivity index is 0.00000336. The molecule has 1 aliphatic rings. The minimum atomic E-state index is -0.485. The molecule has 1 fully saturated rings. The Morgan fingerprint density at radius 2 is 1.92 bits per heavy atom. The van der Waals surface area contributed by atoms with Gasteiger partial charge in [0, 0.05) is 48.8 Å². The van der Waals surface area contributed by atoms with E-state index in [-0.39, 0.29) is 34.9 Å². The van der Waals surface area contributed by atoms with Gasteiger partial charge in [0.25, 0.3) is 0 Å². The summed E-state index contributed by atoms with van der Waals surface area (Å²) in [5.74, 6) is 0.504. The quantitative estimate of drug-likeness (QED) is 0.289. The first-order chi connectivity index (χ1) is 17.9. The van der Waals surface area contributed by atoms with E-state index >= 15 is 0 Å². The molecule has 0 saturated carbocycles. The summed E-state index contributed by atoms with van der Waals surface area (Å²) >= 11 is 6.07. The van der Waals surface area contributed by atoms with Crippen molar-refractivity contribution >= 4 is 41.3 Å². The van der Waals surface area contributed by atoms with Crippen LogP contribution in [0.25, 0.3) is 22.5 Å². The Hall–Kier alpha value is -3.53. The third-order valence-electron chi connectivity index (χ3n) is 6.24. The molecule has 0 aliphatic carbocycles. The lowest BCUT2D eigenvalue weighted by Gasteiger charge is -2.34. The maximum atomic E-state index is 14.6. The van der Waals surface area contributed by atoms with Gasteiger partial charge in [-0.3, -0.25) is 0 Å². The number of ether oxygens (including phenoxy) is 1. The van der Waals surface area contributed by atoms with Crippen molar-refractivity contribution in [3.05, 3.63) is 77.6 Å². The average molecular weight is 559 g/mol. The summed E-state index contributed by atoms with van der Waals surface area (Å²) < 4.78 is 33.7. The van der Waals surface area contributed by atoms with Crippen LogP contribution >= 0.6 is 24.0 Å². The molecule has 0 radical (unpaired) electrons. The minimum Gasteiger partial charge on any atom is -0.496 e. The molecule has 1 saturated heterocycles. The molecular weight excluding hydrogens is 533 g/mol. The summed E-state index contributed by atoms with van der Waals surface area (Å²) in [5, 5.41) is 3.23. The Kier molecular flexibility index (Phi) is 8.61. The Bertz CT molecular complexity index is 1440. The second-order valence-corrected chi connectivity index (χ2v) is 9.18. The number of rotatable bonds is 6. The van der Waals surface area contributed by atoms with Crippen molar-refractivity contribution in [2.45, 2.75) is 18.9 Å². The van der Waals surface area contributed by atoms with Crippen LogP contribution in [0.1, 0.15) is 12.8 Å². The van der Waals surface area contributed by atoms with E-state index in [1.165, 1.54) is 25.4 Å². The summed E-state index contributed by atoms with van der Waals surface area (Å²) in [4.78, 5) is 15.5. The summed E-state index contributed by atoms with van der Waals surface area (Å²) in [6.07, 6.45) is 5.16. The van der Waals surface area contributed by atoms with Crippen molar-refractivity contribution in [3.8, 4) is 28.3 Å². The zero-order chi connectivity index (χ0) is 25.9. The molecule has 38 heavy (non-hydrogen) atoms. The predicted octanol–water partition coefficient (Wildman–Crippen LogP) is 6.24. The molecule has 198 valence electrons. The van der Waals surface area contributed by atoms with Crippen molar-refractivity contribution in [3.63, 3.8) is 0 Å². The van der Waals surface area contributed by atoms with Crippen LogP contribution in [-0.2, 0) is 0 Å². The van der Waals surface area contributed by atoms with Crippen LogP contribution in [0.4, 0.5) is 26.1 Å². The van der Waals surface area contributed by atoms with Gasteiger partial charge in [0.1, 0.15) is 29.0 Å². The van der Waals surface area contributed by atoms with Crippen molar-refractivity contribution < 1.29 is 13.5 Å². The van der Waals surface area contributed by atoms with Crippen LogP contribution in [0.3, 0.4) is 0 Å². The van der Waals surface area contributed by atoms with E-state index in [1.807, 2.05) is 6.07 Å². The van der Waals surface area contributed by atoms with Gasteiger partial charge in [0.2, 0.25) is 0 Å². The number of anilines is 3. The number of hydrogen-bond acceptors (Lipinski definition) is 7. The maximum absolute atomic E-state index is 14.6. The van der Waals surface area contributed by atoms with Crippen LogP contribution in [0.5, 0.6) is 5.75 Å². The van der Waals surface area contributed by atoms with Gasteiger partial charge in [-0.1, -0.05) is 23.7 Å². The SMILES string of the molecule is COc1cccc(F)c1-c1nccc(Nc2cc(N3CCC[C@H](N)C3)c(-c3ccc(F)c(Cl)c3)cn2)n1.Cl. The Morgan fingerprint density at radius 3 is 2.68 bits per heavy atom. The van der Waals surface area contributed by atoms with Gasteiger partial charge in [-0.15, -0.1) is 12.4 Å². The number of hydrogen-bond donors (Lipinski definition) is 2. The Labute approximate surface area is 230 Å². The average Bonchev–Trinajstić information content (AvgIpc) is 2.90. The molecule has 2 aromatic carbocycles. The summed E-state index contributed by atoms with van der Waals surface area (Å²) in [6, 6.07) is 12.8. The van der Waals surface area contributed by atoms with Crippen molar-refractivity contribution in [2.24, 2.45) is 5.73 Å². The van der Waals surface area contributed by atoms with Crippen molar-refractivity contribution in [1.29, 1.82) is 0 Å². The van der Waals surface area contributed by atoms with Gasteiger partial charge in [-0.25, -0.2) is 23.7 Å². The van der Waals surface area contributed by atoms with E-state index in [9.17, 15) is 8.78 Å². The number of nitrogens with one attached hydrogen (secondary N) is 1. The highest BCUT2D eigenvalue weighted by atomic mass is 35.5. The highest BCUT2D eigenvalue weighted by Gasteiger charge is 2.22. The molecule has 7 nitrogen and oxygen atoms in total. The second kappa shape index (κ2) is 11.9. The van der Waals surface area contributed by atoms with Crippen LogP contribution in [0.15, 0.2) is 60.9 Å². The molecule has 1 aliphatic heterocycles. The maximum Gasteiger partial charge on any atom is 0.168 e. The summed E-state index contributed by atoms with van der Waals surface area (Å²) in [7, 11) is 1.47. The summed E-state index contributed by atoms with van der Waals surface area (Å²) in [5.41, 5.74) is 8.88. The standard InChI is InChI=1S/C27H25ClF2N6O.ClH/c1-37-23-6-2-5-21(30)26(23)27-32-10-9-24(35-27)34-25-13-22(36-11-3-4-17(31)15-36)18(14-33-25)16-7-8-20(29)19(28)12-16;/h2,5-10,12-14,17H,3-4,11,15,31H2,1H3,(H,32,33,34,35);1H/t17-;/m0./s1. The normalized spacial score (nSPS) is 15.1. The van der Waals surface area contributed by atoms with Gasteiger partial charge in [0.15, 0.2) is 5.82 Å². The van der Waals surface area contributed by atoms with Crippen LogP contribution < -0.4 is 20.7 Å². The highest BCUT2D eigenvalue weighted by Crippen LogP contribution is 2.36. The zero-order valence-corrected chi connectivity index (χ0v) is 22.1. The zero-order valence-electron chi connectivity index (χ0n) is 20.5. The molecule has 1 atom stereocenters. The van der Waals surface area contributed by atoms with Crippen LogP contribution in [0, 0.1) is 11.6 Å². The monoisotopic (exact) mass is 558 g/mol. The van der Waals surface area contributed by atoms with E-state index in [2.05, 4.69) is 25.2 Å². The second-order valence-electron chi connectivity index (χ2n) is 8.77. The number of benzene rings is 2. The highest BCUT2D eigenvalue weighted by molar-refractivity contribution is 6.31. The first-order valence-electron chi connectivity index (χ1n) is 11.8. The first-order valence-corrected chi connectivity index (χ1v) is 12.2. The lowest BCUT2D eigenvalue weighted by atomic mass is 10.0. The number of nitrogens with two attached hydrogens (primary N) is 1. The molecule has 0 amide bonds. The molecule has 11 heteroatoms. The fourth-order valence-corrected chi connectivity index (χ4v) is 4.64. The first kappa shape index (κ1) is 27.5. The molecule has 0 unspecified atom stereocenters. The van der Waals surface area contributed by atoms with E-state index in [1.54, 1.807) is 36.5 Å². The smallest absolute Gasteiger partial charge is 0.168 e. The van der Waals surface area contributed by atoms with Gasteiger partial charge >= 0.3 is 0 Å². The number of pyridine rings is 1. The number of methoxy groups -OCH3 is 1. The van der Waals surface area contributed by atoms with E-state index in [4.69, 9.17) is 22.1 Å². The van der Waals surface area contributed by atoms with Crippen LogP contribution in [-0.4, -0.2) is 41.2 Å². The minimum absolute atomic E-state index is 0. The molecular formula is C27H26Cl2F2N6O. The lowest BCUT2D eigenvalue weighted by molar-refractivity contribution is 0.413. The van der Waals surface area contributed by atoms with Crippen LogP contribution in [0.2, 0.25) is 5.02 Å². The molecule has 4 aromatic rings. The van der Waals surface area contributed by atoms with E-state index in [0.717, 1.165) is 36.2 Å². The van der Waals surface area contributed by atoms with E-state index in [0.29, 0.717) is 23.9 Å². The molecule has 0 spiro atoms. The predicted molar refractivity (Wildman–Crippen MR) is 149 cm³/mol. The lowest BCUT2D eigenvalue weighted by Crippen LogP contribution is -2.43. The third-order valence-corrected chi connectivity index (χ3v) is 6.53. The molecule has 3 N–H and O–H groups in total. The van der Waals surface area contributed by atoms with Gasteiger partial charge in [-0.05, 0) is 48.7 Å². The van der Waals surface area contributed by atoms with Gasteiger partial charge in [-0.2, -0.15) is 0 Å². The fraction of sp³-hybridized carbons (Fsp3) is 0.222. The van der Waals surface area contributed by atoms with Gasteiger partial charge in [0.05, 0.1) is 17.7 Å². The number of halogens is 4. The topological polar surface area (TPSA) is 89.2 Å². The third kappa shape index (κ3) is 5.80. The molecule has 2 aromatic heterocycles. The number of piperidine rings is 1. The Morgan fingerprint density at radius 1 is 1.08 bits per heavy atom. The van der Waals surface area contributed by atoms with Crippen molar-refractivity contribution in [1.82, 2.24) is 15.0 Å². The number of nitrogens with zero attached hydrogens (tertiary/aromatic N) is 4. The van der Waals surface area contributed by atoms with E-state index < -0.39 is 11.6 Å². The largest absolute Gasteiger partial charge is 0.496 e. The molecule has 5 rings (SSSR count). The number of aromatic nitrogens is 3. The molecule has 0 bridgehead atoms. The fourth-order valence-electron chi connectivity index (χ4n) is 4.46. The molecule has 3 heterocycles. The summed E-state index contributed by atoms with van der Waals surface area (Å²) in [6.45, 7) is 1.50.